The molecule has 0 aromatic rings. The first-order valence-electron chi connectivity index (χ1n) is 7.41. The third-order valence-electron chi connectivity index (χ3n) is 3.94. The Balaban J connectivity index is 1.64. The van der Waals surface area contributed by atoms with Gasteiger partial charge in [0.05, 0.1) is 12.2 Å². The molecule has 0 spiro atoms. The molecule has 2 aliphatic rings. The summed E-state index contributed by atoms with van der Waals surface area (Å²) in [7, 11) is 0. The van der Waals surface area contributed by atoms with E-state index in [1.165, 1.54) is 0 Å². The van der Waals surface area contributed by atoms with Gasteiger partial charge in [-0.05, 0) is 39.8 Å². The maximum Gasteiger partial charge on any atom is 0.223 e. The number of hydrogen-bond acceptors (Lipinski definition) is 4. The highest BCUT2D eigenvalue weighted by Crippen LogP contribution is 2.16. The van der Waals surface area contributed by atoms with E-state index in [1.807, 2.05) is 0 Å². The van der Waals surface area contributed by atoms with Gasteiger partial charge in [0.1, 0.15) is 0 Å². The molecule has 2 rings (SSSR count). The molecule has 2 saturated heterocycles. The number of morpholine rings is 1. The van der Waals surface area contributed by atoms with Crippen molar-refractivity contribution in [2.45, 2.75) is 32.3 Å². The highest BCUT2D eigenvalue weighted by atomic mass is 16.5. The summed E-state index contributed by atoms with van der Waals surface area (Å²) in [5, 5.41) is 6.36. The zero-order valence-electron chi connectivity index (χ0n) is 12.2. The standard InChI is InChI=1S/C14H27N3O2/c1-14(2)11-17(9-10-19-14)8-7-16-13(18)12-3-5-15-6-4-12/h12,15H,3-11H2,1-2H3,(H,16,18). The Morgan fingerprint density at radius 2 is 2.16 bits per heavy atom. The summed E-state index contributed by atoms with van der Waals surface area (Å²) in [5.41, 5.74) is -0.0582. The summed E-state index contributed by atoms with van der Waals surface area (Å²) in [6, 6.07) is 0. The van der Waals surface area contributed by atoms with E-state index in [9.17, 15) is 4.79 Å². The smallest absolute Gasteiger partial charge is 0.223 e. The van der Waals surface area contributed by atoms with Gasteiger partial charge >= 0.3 is 0 Å². The summed E-state index contributed by atoms with van der Waals surface area (Å²) in [5.74, 6) is 0.441. The van der Waals surface area contributed by atoms with Crippen LogP contribution >= 0.6 is 0 Å². The van der Waals surface area contributed by atoms with E-state index in [0.29, 0.717) is 0 Å². The molecule has 2 heterocycles. The zero-order valence-corrected chi connectivity index (χ0v) is 12.2. The van der Waals surface area contributed by atoms with Gasteiger partial charge < -0.3 is 15.4 Å². The van der Waals surface area contributed by atoms with Gasteiger partial charge in [0, 0.05) is 32.1 Å². The zero-order chi connectivity index (χ0) is 13.7. The molecule has 0 saturated carbocycles. The van der Waals surface area contributed by atoms with Crippen LogP contribution in [0.3, 0.4) is 0 Å². The fraction of sp³-hybridized carbons (Fsp3) is 0.929. The molecule has 2 aliphatic heterocycles. The van der Waals surface area contributed by atoms with Gasteiger partial charge in [0.25, 0.3) is 0 Å². The Morgan fingerprint density at radius 1 is 1.42 bits per heavy atom. The number of carbonyl (C=O) groups is 1. The summed E-state index contributed by atoms with van der Waals surface area (Å²) in [6.07, 6.45) is 1.94. The Labute approximate surface area is 116 Å². The molecular formula is C14H27N3O2. The third-order valence-corrected chi connectivity index (χ3v) is 3.94. The lowest BCUT2D eigenvalue weighted by molar-refractivity contribution is -0.126. The van der Waals surface area contributed by atoms with E-state index in [-0.39, 0.29) is 17.4 Å². The summed E-state index contributed by atoms with van der Waals surface area (Å²) in [4.78, 5) is 14.4. The van der Waals surface area contributed by atoms with Crippen LogP contribution in [0.15, 0.2) is 0 Å². The van der Waals surface area contributed by atoms with Gasteiger partial charge in [-0.2, -0.15) is 0 Å². The molecule has 0 aromatic heterocycles. The molecule has 5 heteroatoms. The average Bonchev–Trinajstić information content (AvgIpc) is 2.38. The van der Waals surface area contributed by atoms with Crippen LogP contribution in [-0.4, -0.2) is 62.3 Å². The minimum Gasteiger partial charge on any atom is -0.373 e. The molecule has 1 amide bonds. The van der Waals surface area contributed by atoms with E-state index >= 15 is 0 Å². The maximum atomic E-state index is 12.0. The molecule has 0 radical (unpaired) electrons. The van der Waals surface area contributed by atoms with Crippen molar-refractivity contribution in [2.75, 3.05) is 45.9 Å². The van der Waals surface area contributed by atoms with Crippen LogP contribution in [-0.2, 0) is 9.53 Å². The monoisotopic (exact) mass is 269 g/mol. The van der Waals surface area contributed by atoms with Gasteiger partial charge in [-0.15, -0.1) is 0 Å². The normalized spacial score (nSPS) is 25.2. The number of amides is 1. The minimum atomic E-state index is -0.0582. The minimum absolute atomic E-state index is 0.0582. The number of piperidine rings is 1. The van der Waals surface area contributed by atoms with Crippen molar-refractivity contribution in [3.8, 4) is 0 Å². The predicted octanol–water partition coefficient (Wildman–Crippen LogP) is 0.213. The lowest BCUT2D eigenvalue weighted by Crippen LogP contribution is -2.50. The van der Waals surface area contributed by atoms with E-state index in [1.54, 1.807) is 0 Å². The molecule has 2 fully saturated rings. The first-order chi connectivity index (χ1) is 9.07. The fourth-order valence-electron chi connectivity index (χ4n) is 2.87. The maximum absolute atomic E-state index is 12.0. The summed E-state index contributed by atoms with van der Waals surface area (Å²) in [6.45, 7) is 10.5. The van der Waals surface area contributed by atoms with Crippen molar-refractivity contribution >= 4 is 5.91 Å². The molecule has 0 aromatic carbocycles. The van der Waals surface area contributed by atoms with Gasteiger partial charge in [-0.3, -0.25) is 9.69 Å². The molecule has 5 nitrogen and oxygen atoms in total. The Bertz CT molecular complexity index is 301. The van der Waals surface area contributed by atoms with Crippen LogP contribution in [0.2, 0.25) is 0 Å². The second-order valence-electron chi connectivity index (χ2n) is 6.20. The van der Waals surface area contributed by atoms with Crippen LogP contribution < -0.4 is 10.6 Å². The van der Waals surface area contributed by atoms with Crippen molar-refractivity contribution in [3.63, 3.8) is 0 Å². The Hall–Kier alpha value is -0.650. The third kappa shape index (κ3) is 4.75. The van der Waals surface area contributed by atoms with Crippen molar-refractivity contribution in [1.82, 2.24) is 15.5 Å². The van der Waals surface area contributed by atoms with Crippen molar-refractivity contribution < 1.29 is 9.53 Å². The van der Waals surface area contributed by atoms with Crippen LogP contribution in [0, 0.1) is 5.92 Å². The topological polar surface area (TPSA) is 53.6 Å². The van der Waals surface area contributed by atoms with Gasteiger partial charge in [0.2, 0.25) is 5.91 Å². The number of carbonyl (C=O) groups excluding carboxylic acids is 1. The second-order valence-corrected chi connectivity index (χ2v) is 6.20. The molecule has 0 bridgehead atoms. The number of nitrogens with zero attached hydrogens (tertiary/aromatic N) is 1. The highest BCUT2D eigenvalue weighted by Gasteiger charge is 2.27. The predicted molar refractivity (Wildman–Crippen MR) is 75.1 cm³/mol. The molecule has 0 atom stereocenters. The van der Waals surface area contributed by atoms with Gasteiger partial charge in [-0.25, -0.2) is 0 Å². The molecule has 0 aliphatic carbocycles. The van der Waals surface area contributed by atoms with Crippen LogP contribution in [0.1, 0.15) is 26.7 Å². The molecule has 2 N–H and O–H groups in total. The van der Waals surface area contributed by atoms with Crippen LogP contribution in [0.4, 0.5) is 0 Å². The number of rotatable bonds is 4. The van der Waals surface area contributed by atoms with Crippen molar-refractivity contribution in [1.29, 1.82) is 0 Å². The SMILES string of the molecule is CC1(C)CN(CCNC(=O)C2CCNCC2)CCO1. The molecule has 0 unspecified atom stereocenters. The van der Waals surface area contributed by atoms with Crippen LogP contribution in [0.5, 0.6) is 0 Å². The summed E-state index contributed by atoms with van der Waals surface area (Å²) >= 11 is 0. The van der Waals surface area contributed by atoms with E-state index in [0.717, 1.165) is 58.7 Å². The van der Waals surface area contributed by atoms with Gasteiger partial charge in [-0.1, -0.05) is 0 Å². The van der Waals surface area contributed by atoms with Gasteiger partial charge in [0.15, 0.2) is 0 Å². The molecular weight excluding hydrogens is 242 g/mol. The average molecular weight is 269 g/mol. The molecule has 19 heavy (non-hydrogen) atoms. The second kappa shape index (κ2) is 6.68. The number of nitrogens with one attached hydrogen (secondary N) is 2. The summed E-state index contributed by atoms with van der Waals surface area (Å²) < 4.78 is 5.68. The first-order valence-corrected chi connectivity index (χ1v) is 7.41. The van der Waals surface area contributed by atoms with E-state index < -0.39 is 0 Å². The first kappa shape index (κ1) is 14.8. The number of ether oxygens (including phenoxy) is 1. The number of hydrogen-bond donors (Lipinski definition) is 2. The largest absolute Gasteiger partial charge is 0.373 e. The van der Waals surface area contributed by atoms with E-state index in [4.69, 9.17) is 4.74 Å². The quantitative estimate of drug-likeness (QED) is 0.766. The van der Waals surface area contributed by atoms with E-state index in [2.05, 4.69) is 29.4 Å². The Morgan fingerprint density at radius 3 is 2.84 bits per heavy atom. The van der Waals surface area contributed by atoms with Crippen molar-refractivity contribution in [2.24, 2.45) is 5.92 Å². The highest BCUT2D eigenvalue weighted by molar-refractivity contribution is 5.78. The van der Waals surface area contributed by atoms with Crippen LogP contribution in [0.25, 0.3) is 0 Å². The molecule has 110 valence electrons. The van der Waals surface area contributed by atoms with Crippen molar-refractivity contribution in [3.05, 3.63) is 0 Å². The lowest BCUT2D eigenvalue weighted by atomic mass is 9.97. The lowest BCUT2D eigenvalue weighted by Gasteiger charge is -2.38. The Kier molecular flexibility index (Phi) is 5.19. The fourth-order valence-corrected chi connectivity index (χ4v) is 2.87.